The van der Waals surface area contributed by atoms with E-state index in [9.17, 15) is 9.59 Å². The minimum Gasteiger partial charge on any atom is -0.411 e. The van der Waals surface area contributed by atoms with Gasteiger partial charge in [0.15, 0.2) is 24.3 Å². The second kappa shape index (κ2) is 8.48. The Bertz CT molecular complexity index is 806. The largest absolute Gasteiger partial charge is 0.411 e. The van der Waals surface area contributed by atoms with Crippen molar-refractivity contribution in [3.63, 3.8) is 0 Å². The first-order valence-corrected chi connectivity index (χ1v) is 7.56. The van der Waals surface area contributed by atoms with Crippen LogP contribution in [0.4, 0.5) is 0 Å². The molecule has 3 N–H and O–H groups in total. The molecule has 0 bridgehead atoms. The number of aromatic nitrogens is 3. The standard InChI is InChI=1S/C16H18N6O3/c1-21-8-7-17-14(11-21)16(24)19-6-5-18-15(23)12-3-4-13(9-20-25)22(2)10-12/h3-4,7-11H,5-6H2,1-2H3,(H-,18,19,23,24)/p+2. The Balaban J connectivity index is 1.82. The van der Waals surface area contributed by atoms with Crippen molar-refractivity contribution >= 4 is 18.0 Å². The van der Waals surface area contributed by atoms with E-state index in [1.54, 1.807) is 60.1 Å². The topological polar surface area (TPSA) is 111 Å². The van der Waals surface area contributed by atoms with E-state index in [-0.39, 0.29) is 24.9 Å². The second-order valence-corrected chi connectivity index (χ2v) is 5.32. The van der Waals surface area contributed by atoms with Gasteiger partial charge in [0.25, 0.3) is 11.8 Å². The first-order valence-electron chi connectivity index (χ1n) is 7.56. The SMILES string of the molecule is C[n+]1ccnc(C(=O)NCCNC(=O)c2ccc(/C=N\O)[n+](C)c2)c1. The summed E-state index contributed by atoms with van der Waals surface area (Å²) in [6.45, 7) is 0.569. The van der Waals surface area contributed by atoms with Crippen molar-refractivity contribution in [1.29, 1.82) is 0 Å². The summed E-state index contributed by atoms with van der Waals surface area (Å²) in [5, 5.41) is 16.9. The Morgan fingerprint density at radius 1 is 1.20 bits per heavy atom. The predicted octanol–water partition coefficient (Wildman–Crippen LogP) is -1.30. The molecule has 2 rings (SSSR count). The molecule has 2 aromatic heterocycles. The average Bonchev–Trinajstić information content (AvgIpc) is 2.60. The molecule has 0 aliphatic carbocycles. The Kier molecular flexibility index (Phi) is 6.10. The molecule has 0 spiro atoms. The van der Waals surface area contributed by atoms with Crippen molar-refractivity contribution < 1.29 is 23.9 Å². The quantitative estimate of drug-likeness (QED) is 0.199. The van der Waals surface area contributed by atoms with Crippen LogP contribution in [0, 0.1) is 0 Å². The van der Waals surface area contributed by atoms with Crippen LogP contribution in [0.25, 0.3) is 0 Å². The predicted molar refractivity (Wildman–Crippen MR) is 87.1 cm³/mol. The van der Waals surface area contributed by atoms with E-state index in [2.05, 4.69) is 20.8 Å². The molecule has 0 aromatic carbocycles. The zero-order chi connectivity index (χ0) is 18.2. The van der Waals surface area contributed by atoms with Crippen LogP contribution in [0.1, 0.15) is 26.5 Å². The number of carbonyl (C=O) groups excluding carboxylic acids is 2. The molecule has 0 radical (unpaired) electrons. The fourth-order valence-corrected chi connectivity index (χ4v) is 2.10. The van der Waals surface area contributed by atoms with Crippen molar-refractivity contribution in [3.05, 3.63) is 53.9 Å². The maximum atomic E-state index is 12.1. The van der Waals surface area contributed by atoms with Crippen molar-refractivity contribution in [2.75, 3.05) is 13.1 Å². The highest BCUT2D eigenvalue weighted by Gasteiger charge is 2.13. The molecular formula is C16H20N6O3+2. The molecular weight excluding hydrogens is 324 g/mol. The molecule has 0 saturated heterocycles. The molecule has 0 atom stereocenters. The number of hydrogen-bond acceptors (Lipinski definition) is 5. The number of pyridine rings is 1. The number of nitrogens with one attached hydrogen (secondary N) is 2. The summed E-state index contributed by atoms with van der Waals surface area (Å²) in [5.41, 5.74) is 1.42. The summed E-state index contributed by atoms with van der Waals surface area (Å²) >= 11 is 0. The Morgan fingerprint density at radius 3 is 2.56 bits per heavy atom. The van der Waals surface area contributed by atoms with E-state index in [4.69, 9.17) is 5.21 Å². The third-order valence-corrected chi connectivity index (χ3v) is 3.40. The van der Waals surface area contributed by atoms with Crippen LogP contribution in [-0.2, 0) is 14.1 Å². The minimum atomic E-state index is -0.301. The molecule has 0 aliphatic rings. The minimum absolute atomic E-state index is 0.262. The molecule has 0 fully saturated rings. The molecule has 0 aliphatic heterocycles. The average molecular weight is 344 g/mol. The fraction of sp³-hybridized carbons (Fsp3) is 0.250. The number of oxime groups is 1. The van der Waals surface area contributed by atoms with Gasteiger partial charge in [0.05, 0.1) is 6.20 Å². The fourth-order valence-electron chi connectivity index (χ4n) is 2.10. The van der Waals surface area contributed by atoms with Gasteiger partial charge < -0.3 is 15.8 Å². The molecule has 9 nitrogen and oxygen atoms in total. The van der Waals surface area contributed by atoms with Crippen molar-refractivity contribution in [2.45, 2.75) is 0 Å². The zero-order valence-corrected chi connectivity index (χ0v) is 14.0. The second-order valence-electron chi connectivity index (χ2n) is 5.32. The summed E-state index contributed by atoms with van der Waals surface area (Å²) in [7, 11) is 3.54. The highest BCUT2D eigenvalue weighted by Crippen LogP contribution is 1.97. The van der Waals surface area contributed by atoms with Crippen LogP contribution in [0.5, 0.6) is 0 Å². The van der Waals surface area contributed by atoms with E-state index in [1.807, 2.05) is 0 Å². The van der Waals surface area contributed by atoms with Crippen LogP contribution in [0.2, 0.25) is 0 Å². The molecule has 2 heterocycles. The van der Waals surface area contributed by atoms with E-state index in [0.29, 0.717) is 17.0 Å². The normalized spacial score (nSPS) is 10.6. The van der Waals surface area contributed by atoms with Crippen LogP contribution >= 0.6 is 0 Å². The van der Waals surface area contributed by atoms with Gasteiger partial charge in [-0.3, -0.25) is 9.59 Å². The van der Waals surface area contributed by atoms with Crippen LogP contribution in [0.15, 0.2) is 42.1 Å². The molecule has 130 valence electrons. The zero-order valence-electron chi connectivity index (χ0n) is 14.0. The van der Waals surface area contributed by atoms with Gasteiger partial charge in [-0.15, -0.1) is 0 Å². The molecule has 2 aromatic rings. The summed E-state index contributed by atoms with van der Waals surface area (Å²) in [6.07, 6.45) is 7.79. The first kappa shape index (κ1) is 18.0. The highest BCUT2D eigenvalue weighted by atomic mass is 16.4. The molecule has 2 amide bonds. The lowest BCUT2D eigenvalue weighted by molar-refractivity contribution is -0.672. The Labute approximate surface area is 144 Å². The first-order chi connectivity index (χ1) is 12.0. The van der Waals surface area contributed by atoms with E-state index < -0.39 is 0 Å². The molecule has 0 saturated carbocycles. The van der Waals surface area contributed by atoms with Gasteiger partial charge in [0.1, 0.15) is 25.9 Å². The Hall–Kier alpha value is -3.36. The number of hydrogen-bond donors (Lipinski definition) is 3. The molecule has 25 heavy (non-hydrogen) atoms. The van der Waals surface area contributed by atoms with Gasteiger partial charge in [-0.05, 0) is 6.07 Å². The summed E-state index contributed by atoms with van der Waals surface area (Å²) in [5.74, 6) is -0.564. The number of rotatable bonds is 6. The molecule has 0 unspecified atom stereocenters. The smallest absolute Gasteiger partial charge is 0.276 e. The van der Waals surface area contributed by atoms with Gasteiger partial charge in [-0.25, -0.2) is 9.55 Å². The number of aryl methyl sites for hydroxylation is 2. The van der Waals surface area contributed by atoms with Gasteiger partial charge in [0.2, 0.25) is 5.69 Å². The molecule has 9 heteroatoms. The van der Waals surface area contributed by atoms with Crippen LogP contribution in [0.3, 0.4) is 0 Å². The van der Waals surface area contributed by atoms with Crippen LogP contribution in [-0.4, -0.2) is 41.3 Å². The van der Waals surface area contributed by atoms with Crippen LogP contribution < -0.4 is 19.8 Å². The van der Waals surface area contributed by atoms with Crippen molar-refractivity contribution in [3.8, 4) is 0 Å². The maximum absolute atomic E-state index is 12.1. The lowest BCUT2D eigenvalue weighted by atomic mass is 10.2. The number of amides is 2. The van der Waals surface area contributed by atoms with Crippen molar-refractivity contribution in [2.24, 2.45) is 19.3 Å². The maximum Gasteiger partial charge on any atom is 0.276 e. The number of nitrogens with zero attached hydrogens (tertiary/aromatic N) is 4. The summed E-state index contributed by atoms with van der Waals surface area (Å²) in [6, 6.07) is 3.29. The summed E-state index contributed by atoms with van der Waals surface area (Å²) < 4.78 is 3.40. The van der Waals surface area contributed by atoms with E-state index >= 15 is 0 Å². The van der Waals surface area contributed by atoms with Gasteiger partial charge in [0, 0.05) is 19.2 Å². The van der Waals surface area contributed by atoms with Gasteiger partial charge >= 0.3 is 0 Å². The lowest BCUT2D eigenvalue weighted by Crippen LogP contribution is -2.38. The summed E-state index contributed by atoms with van der Waals surface area (Å²) in [4.78, 5) is 28.0. The highest BCUT2D eigenvalue weighted by molar-refractivity contribution is 5.94. The van der Waals surface area contributed by atoms with E-state index in [1.165, 1.54) is 6.21 Å². The van der Waals surface area contributed by atoms with Crippen molar-refractivity contribution in [1.82, 2.24) is 15.6 Å². The number of carbonyl (C=O) groups is 2. The monoisotopic (exact) mass is 344 g/mol. The van der Waals surface area contributed by atoms with E-state index in [0.717, 1.165) is 0 Å². The third-order valence-electron chi connectivity index (χ3n) is 3.40. The van der Waals surface area contributed by atoms with Gasteiger partial charge in [-0.2, -0.15) is 4.57 Å². The van der Waals surface area contributed by atoms with Gasteiger partial charge in [-0.1, -0.05) is 5.16 Å². The lowest BCUT2D eigenvalue weighted by Gasteiger charge is -2.06. The Morgan fingerprint density at radius 2 is 1.92 bits per heavy atom. The third kappa shape index (κ3) is 5.06.